The SMILES string of the molecule is C[C@H](Sc1ncccc1O)C(=O)O. The molecule has 0 spiro atoms. The smallest absolute Gasteiger partial charge is 0.316 e. The van der Waals surface area contributed by atoms with E-state index in [1.807, 2.05) is 0 Å². The minimum absolute atomic E-state index is 0.0144. The molecule has 0 saturated carbocycles. The minimum atomic E-state index is -0.921. The van der Waals surface area contributed by atoms with E-state index in [4.69, 9.17) is 5.11 Å². The second-order valence-corrected chi connectivity index (χ2v) is 3.76. The van der Waals surface area contributed by atoms with Crippen molar-refractivity contribution in [2.45, 2.75) is 17.2 Å². The first kappa shape index (κ1) is 9.85. The van der Waals surface area contributed by atoms with Crippen LogP contribution in [0.1, 0.15) is 6.92 Å². The third-order valence-electron chi connectivity index (χ3n) is 1.39. The van der Waals surface area contributed by atoms with Gasteiger partial charge in [0.25, 0.3) is 0 Å². The molecule has 1 heterocycles. The van der Waals surface area contributed by atoms with Crippen LogP contribution >= 0.6 is 11.8 Å². The van der Waals surface area contributed by atoms with Crippen molar-refractivity contribution in [1.82, 2.24) is 4.98 Å². The maximum Gasteiger partial charge on any atom is 0.316 e. The summed E-state index contributed by atoms with van der Waals surface area (Å²) in [6.45, 7) is 1.54. The first-order valence-corrected chi connectivity index (χ1v) is 4.52. The summed E-state index contributed by atoms with van der Waals surface area (Å²) in [6.07, 6.45) is 1.51. The van der Waals surface area contributed by atoms with Gasteiger partial charge in [0.2, 0.25) is 0 Å². The first-order valence-electron chi connectivity index (χ1n) is 3.64. The molecule has 1 aromatic rings. The Bertz CT molecular complexity index is 316. The number of rotatable bonds is 3. The van der Waals surface area contributed by atoms with Gasteiger partial charge in [0.1, 0.15) is 16.0 Å². The van der Waals surface area contributed by atoms with Crippen molar-refractivity contribution in [2.24, 2.45) is 0 Å². The summed E-state index contributed by atoms with van der Waals surface area (Å²) in [7, 11) is 0. The Kier molecular flexibility index (Phi) is 3.13. The third kappa shape index (κ3) is 2.62. The van der Waals surface area contributed by atoms with Gasteiger partial charge >= 0.3 is 5.97 Å². The number of aromatic hydroxyl groups is 1. The van der Waals surface area contributed by atoms with Crippen LogP contribution in [0, 0.1) is 0 Å². The van der Waals surface area contributed by atoms with E-state index < -0.39 is 11.2 Å². The number of carboxylic acid groups (broad SMARTS) is 1. The van der Waals surface area contributed by atoms with Crippen LogP contribution in [0.15, 0.2) is 23.4 Å². The number of thioether (sulfide) groups is 1. The summed E-state index contributed by atoms with van der Waals surface area (Å²) in [4.78, 5) is 14.3. The number of carbonyl (C=O) groups is 1. The molecule has 0 aliphatic rings. The highest BCUT2D eigenvalue weighted by Crippen LogP contribution is 2.28. The van der Waals surface area contributed by atoms with Gasteiger partial charge in [-0.1, -0.05) is 11.8 Å². The Hall–Kier alpha value is -1.23. The Balaban J connectivity index is 2.74. The van der Waals surface area contributed by atoms with Gasteiger partial charge in [-0.3, -0.25) is 4.79 Å². The zero-order valence-corrected chi connectivity index (χ0v) is 7.78. The highest BCUT2D eigenvalue weighted by molar-refractivity contribution is 8.00. The molecule has 4 nitrogen and oxygen atoms in total. The van der Waals surface area contributed by atoms with Crippen molar-refractivity contribution in [3.8, 4) is 5.75 Å². The molecule has 2 N–H and O–H groups in total. The molecule has 0 amide bonds. The predicted molar refractivity (Wildman–Crippen MR) is 48.9 cm³/mol. The second kappa shape index (κ2) is 4.13. The van der Waals surface area contributed by atoms with Crippen molar-refractivity contribution in [2.75, 3.05) is 0 Å². The van der Waals surface area contributed by atoms with Crippen LogP contribution in [0.5, 0.6) is 5.75 Å². The standard InChI is InChI=1S/C8H9NO3S/c1-5(8(11)12)13-7-6(10)3-2-4-9-7/h2-5,10H,1H3,(H,11,12)/t5-/m0/s1. The molecule has 0 radical (unpaired) electrons. The van der Waals surface area contributed by atoms with Crippen molar-refractivity contribution >= 4 is 17.7 Å². The lowest BCUT2D eigenvalue weighted by Gasteiger charge is -2.05. The molecule has 0 bridgehead atoms. The average molecular weight is 199 g/mol. The molecule has 0 aliphatic heterocycles. The molecular formula is C8H9NO3S. The maximum absolute atomic E-state index is 10.5. The number of aromatic nitrogens is 1. The lowest BCUT2D eigenvalue weighted by atomic mass is 10.5. The van der Waals surface area contributed by atoms with Crippen LogP contribution in [0.3, 0.4) is 0 Å². The van der Waals surface area contributed by atoms with Crippen LogP contribution in [0.25, 0.3) is 0 Å². The summed E-state index contributed by atoms with van der Waals surface area (Å²) in [5.41, 5.74) is 0. The van der Waals surface area contributed by atoms with E-state index in [9.17, 15) is 9.90 Å². The summed E-state index contributed by atoms with van der Waals surface area (Å²) < 4.78 is 0. The van der Waals surface area contributed by atoms with E-state index in [-0.39, 0.29) is 5.75 Å². The normalized spacial score (nSPS) is 12.4. The topological polar surface area (TPSA) is 70.4 Å². The fraction of sp³-hybridized carbons (Fsp3) is 0.250. The second-order valence-electron chi connectivity index (χ2n) is 2.43. The van der Waals surface area contributed by atoms with Gasteiger partial charge in [-0.05, 0) is 19.1 Å². The number of carboxylic acids is 1. The molecule has 0 fully saturated rings. The largest absolute Gasteiger partial charge is 0.505 e. The molecule has 0 aliphatic carbocycles. The van der Waals surface area contributed by atoms with Gasteiger partial charge in [-0.2, -0.15) is 0 Å². The quantitative estimate of drug-likeness (QED) is 0.719. The number of hydrogen-bond donors (Lipinski definition) is 2. The Morgan fingerprint density at radius 1 is 1.69 bits per heavy atom. The fourth-order valence-electron chi connectivity index (χ4n) is 0.691. The van der Waals surface area contributed by atoms with Crippen LogP contribution in [-0.4, -0.2) is 26.4 Å². The van der Waals surface area contributed by atoms with E-state index >= 15 is 0 Å². The maximum atomic E-state index is 10.5. The van der Waals surface area contributed by atoms with E-state index in [2.05, 4.69) is 4.98 Å². The van der Waals surface area contributed by atoms with Crippen LogP contribution < -0.4 is 0 Å². The zero-order valence-electron chi connectivity index (χ0n) is 6.97. The van der Waals surface area contributed by atoms with Crippen LogP contribution in [0.4, 0.5) is 0 Å². The number of hydrogen-bond acceptors (Lipinski definition) is 4. The molecule has 13 heavy (non-hydrogen) atoms. The average Bonchev–Trinajstić information content (AvgIpc) is 2.08. The Morgan fingerprint density at radius 3 is 2.92 bits per heavy atom. The molecule has 1 aromatic heterocycles. The van der Waals surface area contributed by atoms with Crippen molar-refractivity contribution < 1.29 is 15.0 Å². The highest BCUT2D eigenvalue weighted by atomic mass is 32.2. The number of nitrogens with zero attached hydrogens (tertiary/aromatic N) is 1. The summed E-state index contributed by atoms with van der Waals surface area (Å²) in [6, 6.07) is 3.06. The predicted octanol–water partition coefficient (Wildman–Crippen LogP) is 1.35. The Morgan fingerprint density at radius 2 is 2.38 bits per heavy atom. The summed E-state index contributed by atoms with van der Waals surface area (Å²) >= 11 is 1.02. The van der Waals surface area contributed by atoms with Gasteiger partial charge in [0, 0.05) is 6.20 Å². The van der Waals surface area contributed by atoms with Crippen molar-refractivity contribution in [1.29, 1.82) is 0 Å². The van der Waals surface area contributed by atoms with Gasteiger partial charge in [-0.15, -0.1) is 0 Å². The van der Waals surface area contributed by atoms with Gasteiger partial charge in [0.05, 0.1) is 0 Å². The van der Waals surface area contributed by atoms with Gasteiger partial charge in [-0.25, -0.2) is 4.98 Å². The number of pyridine rings is 1. The lowest BCUT2D eigenvalue weighted by Crippen LogP contribution is -2.11. The zero-order chi connectivity index (χ0) is 9.84. The van der Waals surface area contributed by atoms with Gasteiger partial charge < -0.3 is 10.2 Å². The molecule has 0 unspecified atom stereocenters. The van der Waals surface area contributed by atoms with Crippen LogP contribution in [-0.2, 0) is 4.79 Å². The first-order chi connectivity index (χ1) is 6.11. The third-order valence-corrected chi connectivity index (χ3v) is 2.48. The Labute approximate surface area is 79.6 Å². The summed E-state index contributed by atoms with van der Waals surface area (Å²) in [5.74, 6) is -0.907. The fourth-order valence-corrected chi connectivity index (χ4v) is 1.44. The molecule has 1 rings (SSSR count). The molecule has 0 saturated heterocycles. The molecule has 70 valence electrons. The summed E-state index contributed by atoms with van der Waals surface area (Å²) in [5, 5.41) is 17.6. The lowest BCUT2D eigenvalue weighted by molar-refractivity contribution is -0.136. The minimum Gasteiger partial charge on any atom is -0.505 e. The molecular weight excluding hydrogens is 190 g/mol. The van der Waals surface area contributed by atoms with E-state index in [1.54, 1.807) is 13.0 Å². The monoisotopic (exact) mass is 199 g/mol. The van der Waals surface area contributed by atoms with E-state index in [0.717, 1.165) is 11.8 Å². The van der Waals surface area contributed by atoms with Crippen molar-refractivity contribution in [3.63, 3.8) is 0 Å². The van der Waals surface area contributed by atoms with Gasteiger partial charge in [0.15, 0.2) is 0 Å². The molecule has 5 heteroatoms. The van der Waals surface area contributed by atoms with E-state index in [0.29, 0.717) is 5.03 Å². The highest BCUT2D eigenvalue weighted by Gasteiger charge is 2.14. The van der Waals surface area contributed by atoms with Crippen molar-refractivity contribution in [3.05, 3.63) is 18.3 Å². The van der Waals surface area contributed by atoms with Crippen LogP contribution in [0.2, 0.25) is 0 Å². The molecule has 0 aromatic carbocycles. The molecule has 1 atom stereocenters. The number of aliphatic carboxylic acids is 1. The van der Waals surface area contributed by atoms with E-state index in [1.165, 1.54) is 12.3 Å².